The Bertz CT molecular complexity index is 1250. The van der Waals surface area contributed by atoms with Crippen molar-refractivity contribution in [3.63, 3.8) is 0 Å². The lowest BCUT2D eigenvalue weighted by Crippen LogP contribution is -2.32. The Kier molecular flexibility index (Phi) is 5.15. The van der Waals surface area contributed by atoms with E-state index in [0.717, 1.165) is 45.9 Å². The predicted octanol–water partition coefficient (Wildman–Crippen LogP) is 5.87. The zero-order valence-corrected chi connectivity index (χ0v) is 19.3. The van der Waals surface area contributed by atoms with Crippen molar-refractivity contribution in [1.29, 1.82) is 0 Å². The first-order chi connectivity index (χ1) is 14.9. The summed E-state index contributed by atoms with van der Waals surface area (Å²) in [5, 5.41) is 4.72. The number of nitrogens with one attached hydrogen (secondary N) is 1. The number of ether oxygens (including phenoxy) is 1. The number of benzene rings is 1. The lowest BCUT2D eigenvalue weighted by molar-refractivity contribution is -0.0402. The van der Waals surface area contributed by atoms with Crippen molar-refractivity contribution in [2.24, 2.45) is 0 Å². The summed E-state index contributed by atoms with van der Waals surface area (Å²) in [5.41, 5.74) is 5.89. The SMILES string of the molecule is CC(C)c1nc2sc3c(NCCc4ccccc4)ncnc3c2c2c1COC(C)(C)C2. The molecule has 4 heterocycles. The van der Waals surface area contributed by atoms with Crippen molar-refractivity contribution in [2.75, 3.05) is 11.9 Å². The van der Waals surface area contributed by atoms with Crippen LogP contribution in [0.1, 0.15) is 56.0 Å². The van der Waals surface area contributed by atoms with Gasteiger partial charge in [0.15, 0.2) is 0 Å². The van der Waals surface area contributed by atoms with Crippen LogP contribution in [0.15, 0.2) is 36.7 Å². The molecule has 1 aliphatic heterocycles. The summed E-state index contributed by atoms with van der Waals surface area (Å²) in [6.45, 7) is 10.2. The van der Waals surface area contributed by atoms with Gasteiger partial charge in [-0.1, -0.05) is 44.2 Å². The lowest BCUT2D eigenvalue weighted by atomic mass is 9.87. The fraction of sp³-hybridized carbons (Fsp3) is 0.400. The van der Waals surface area contributed by atoms with Crippen molar-refractivity contribution >= 4 is 37.6 Å². The maximum Gasteiger partial charge on any atom is 0.147 e. The zero-order chi connectivity index (χ0) is 21.6. The Hall–Kier alpha value is -2.57. The van der Waals surface area contributed by atoms with Crippen LogP contribution < -0.4 is 5.32 Å². The molecule has 0 fully saturated rings. The molecule has 0 bridgehead atoms. The summed E-state index contributed by atoms with van der Waals surface area (Å²) in [6, 6.07) is 10.5. The first kappa shape index (κ1) is 20.3. The third-order valence-electron chi connectivity index (χ3n) is 5.96. The van der Waals surface area contributed by atoms with Crippen LogP contribution in [-0.4, -0.2) is 27.1 Å². The summed E-state index contributed by atoms with van der Waals surface area (Å²) in [7, 11) is 0. The van der Waals surface area contributed by atoms with Gasteiger partial charge in [-0.2, -0.15) is 0 Å². The van der Waals surface area contributed by atoms with Gasteiger partial charge in [0.25, 0.3) is 0 Å². The molecule has 0 spiro atoms. The Morgan fingerprint density at radius 1 is 1.13 bits per heavy atom. The molecule has 0 unspecified atom stereocenters. The average molecular weight is 433 g/mol. The smallest absolute Gasteiger partial charge is 0.147 e. The minimum Gasteiger partial charge on any atom is -0.370 e. The predicted molar refractivity (Wildman–Crippen MR) is 128 cm³/mol. The average Bonchev–Trinajstić information content (AvgIpc) is 3.13. The molecule has 0 saturated heterocycles. The van der Waals surface area contributed by atoms with Gasteiger partial charge in [0, 0.05) is 23.9 Å². The number of rotatable bonds is 5. The van der Waals surface area contributed by atoms with Crippen molar-refractivity contribution < 1.29 is 4.74 Å². The number of hydrogen-bond acceptors (Lipinski definition) is 6. The van der Waals surface area contributed by atoms with Crippen LogP contribution in [0.25, 0.3) is 20.4 Å². The monoisotopic (exact) mass is 432 g/mol. The second-order valence-corrected chi connectivity index (χ2v) is 10.2. The van der Waals surface area contributed by atoms with Crippen molar-refractivity contribution in [3.8, 4) is 0 Å². The standard InChI is InChI=1S/C25H28N4OS/c1-15(2)20-18-13-30-25(3,4)12-17(18)19-21-22(31-24(19)29-20)23(28-14-27-21)26-11-10-16-8-6-5-7-9-16/h5-9,14-15H,10-13H2,1-4H3,(H,26,27,28). The topological polar surface area (TPSA) is 59.9 Å². The summed E-state index contributed by atoms with van der Waals surface area (Å²) in [4.78, 5) is 15.4. The highest BCUT2D eigenvalue weighted by molar-refractivity contribution is 7.26. The molecule has 5 rings (SSSR count). The Morgan fingerprint density at radius 3 is 2.71 bits per heavy atom. The van der Waals surface area contributed by atoms with E-state index in [2.05, 4.69) is 62.3 Å². The van der Waals surface area contributed by atoms with Gasteiger partial charge in [-0.25, -0.2) is 15.0 Å². The number of aromatic nitrogens is 3. The lowest BCUT2D eigenvalue weighted by Gasteiger charge is -2.33. The molecule has 6 heteroatoms. The molecule has 0 radical (unpaired) electrons. The van der Waals surface area contributed by atoms with Gasteiger partial charge in [-0.05, 0) is 37.3 Å². The van der Waals surface area contributed by atoms with E-state index in [1.54, 1.807) is 17.7 Å². The van der Waals surface area contributed by atoms with Crippen LogP contribution in [-0.2, 0) is 24.2 Å². The number of pyridine rings is 1. The van der Waals surface area contributed by atoms with Crippen LogP contribution in [0.5, 0.6) is 0 Å². The third-order valence-corrected chi connectivity index (χ3v) is 7.04. The molecule has 31 heavy (non-hydrogen) atoms. The highest BCUT2D eigenvalue weighted by Gasteiger charge is 2.32. The number of anilines is 1. The minimum absolute atomic E-state index is 0.187. The van der Waals surface area contributed by atoms with E-state index in [1.807, 2.05) is 6.07 Å². The third kappa shape index (κ3) is 3.79. The van der Waals surface area contributed by atoms with Gasteiger partial charge in [0.05, 0.1) is 28.1 Å². The Morgan fingerprint density at radius 2 is 1.94 bits per heavy atom. The van der Waals surface area contributed by atoms with E-state index in [1.165, 1.54) is 22.1 Å². The van der Waals surface area contributed by atoms with Gasteiger partial charge in [0.1, 0.15) is 17.0 Å². The highest BCUT2D eigenvalue weighted by Crippen LogP contribution is 2.43. The molecule has 4 aromatic rings. The number of thiophene rings is 1. The molecule has 0 amide bonds. The fourth-order valence-electron chi connectivity index (χ4n) is 4.40. The summed E-state index contributed by atoms with van der Waals surface area (Å²) < 4.78 is 7.25. The molecule has 1 N–H and O–H groups in total. The quantitative estimate of drug-likeness (QED) is 0.427. The van der Waals surface area contributed by atoms with Gasteiger partial charge in [0.2, 0.25) is 0 Å². The second-order valence-electron chi connectivity index (χ2n) is 9.18. The molecule has 5 nitrogen and oxygen atoms in total. The van der Waals surface area contributed by atoms with Gasteiger partial charge < -0.3 is 10.1 Å². The van der Waals surface area contributed by atoms with Crippen LogP contribution in [0.3, 0.4) is 0 Å². The Labute approximate surface area is 186 Å². The van der Waals surface area contributed by atoms with E-state index in [9.17, 15) is 0 Å². The molecular formula is C25H28N4OS. The van der Waals surface area contributed by atoms with Gasteiger partial charge >= 0.3 is 0 Å². The van der Waals surface area contributed by atoms with E-state index in [4.69, 9.17) is 14.7 Å². The maximum absolute atomic E-state index is 6.16. The largest absolute Gasteiger partial charge is 0.370 e. The maximum atomic E-state index is 6.16. The molecule has 160 valence electrons. The molecular weight excluding hydrogens is 404 g/mol. The first-order valence-electron chi connectivity index (χ1n) is 10.9. The number of fused-ring (bicyclic) bond motifs is 5. The fourth-order valence-corrected chi connectivity index (χ4v) is 5.54. The van der Waals surface area contributed by atoms with E-state index >= 15 is 0 Å². The van der Waals surface area contributed by atoms with Crippen LogP contribution in [0, 0.1) is 0 Å². The summed E-state index contributed by atoms with van der Waals surface area (Å²) in [6.07, 6.45) is 3.49. The number of hydrogen-bond donors (Lipinski definition) is 1. The molecule has 0 atom stereocenters. The van der Waals surface area contributed by atoms with E-state index in [-0.39, 0.29) is 5.60 Å². The molecule has 0 aliphatic carbocycles. The first-order valence-corrected chi connectivity index (χ1v) is 11.8. The minimum atomic E-state index is -0.187. The van der Waals surface area contributed by atoms with Crippen molar-refractivity contribution in [1.82, 2.24) is 15.0 Å². The molecule has 0 saturated carbocycles. The molecule has 1 aromatic carbocycles. The van der Waals surface area contributed by atoms with E-state index < -0.39 is 0 Å². The van der Waals surface area contributed by atoms with Crippen LogP contribution in [0.2, 0.25) is 0 Å². The van der Waals surface area contributed by atoms with Gasteiger partial charge in [-0.15, -0.1) is 11.3 Å². The number of nitrogens with zero attached hydrogens (tertiary/aromatic N) is 3. The van der Waals surface area contributed by atoms with Crippen molar-refractivity contribution in [2.45, 2.75) is 58.7 Å². The normalized spacial score (nSPS) is 15.5. The highest BCUT2D eigenvalue weighted by atomic mass is 32.1. The van der Waals surface area contributed by atoms with E-state index in [0.29, 0.717) is 12.5 Å². The summed E-state index contributed by atoms with van der Waals surface area (Å²) >= 11 is 1.70. The molecule has 3 aromatic heterocycles. The Balaban J connectivity index is 1.59. The van der Waals surface area contributed by atoms with Crippen LogP contribution in [0.4, 0.5) is 5.82 Å². The second kappa shape index (κ2) is 7.84. The molecule has 1 aliphatic rings. The van der Waals surface area contributed by atoms with Crippen LogP contribution >= 0.6 is 11.3 Å². The summed E-state index contributed by atoms with van der Waals surface area (Å²) in [5.74, 6) is 1.25. The van der Waals surface area contributed by atoms with Gasteiger partial charge in [-0.3, -0.25) is 0 Å². The van der Waals surface area contributed by atoms with Crippen molar-refractivity contribution in [3.05, 3.63) is 59.0 Å². The zero-order valence-electron chi connectivity index (χ0n) is 18.5.